The highest BCUT2D eigenvalue weighted by molar-refractivity contribution is 7.99. The summed E-state index contributed by atoms with van der Waals surface area (Å²) in [7, 11) is 3.21. The number of ether oxygens (including phenoxy) is 2. The Balaban J connectivity index is 1.60. The quantitative estimate of drug-likeness (QED) is 0.453. The summed E-state index contributed by atoms with van der Waals surface area (Å²) in [6.07, 6.45) is 3.40. The summed E-state index contributed by atoms with van der Waals surface area (Å²) in [5.41, 5.74) is 1.55. The third kappa shape index (κ3) is 5.32. The maximum atomic E-state index is 12.9. The number of carbonyl (C=O) groups is 1. The highest BCUT2D eigenvalue weighted by atomic mass is 32.2. The number of aliphatic hydroxyl groups excluding tert-OH is 1. The van der Waals surface area contributed by atoms with E-state index in [1.54, 1.807) is 26.6 Å². The number of hydrogen-bond acceptors (Lipinski definition) is 9. The molecular formula is C23H28N6O4S. The molecule has 0 spiro atoms. The number of carbonyl (C=O) groups excluding carboxylic acids is 1. The number of aliphatic hydroxyl groups is 1. The first-order valence-electron chi connectivity index (χ1n) is 11.0. The van der Waals surface area contributed by atoms with Gasteiger partial charge in [-0.3, -0.25) is 19.2 Å². The smallest absolute Gasteiger partial charge is 0.233 e. The molecule has 1 amide bonds. The van der Waals surface area contributed by atoms with Crippen molar-refractivity contribution in [2.75, 3.05) is 59.3 Å². The molecule has 11 heteroatoms. The molecule has 1 aliphatic heterocycles. The molecule has 3 heterocycles. The van der Waals surface area contributed by atoms with Crippen LogP contribution in [-0.2, 0) is 4.79 Å². The summed E-state index contributed by atoms with van der Waals surface area (Å²) in [5.74, 6) is 2.19. The molecule has 10 nitrogen and oxygen atoms in total. The number of amides is 1. The Labute approximate surface area is 202 Å². The average molecular weight is 485 g/mol. The van der Waals surface area contributed by atoms with Crippen LogP contribution in [0.15, 0.2) is 47.9 Å². The number of pyridine rings is 1. The Hall–Kier alpha value is -3.15. The summed E-state index contributed by atoms with van der Waals surface area (Å²) >= 11 is 1.34. The fourth-order valence-corrected chi connectivity index (χ4v) is 4.67. The second-order valence-electron chi connectivity index (χ2n) is 7.65. The molecule has 2 aromatic heterocycles. The molecule has 0 bridgehead atoms. The van der Waals surface area contributed by atoms with Crippen molar-refractivity contribution < 1.29 is 19.4 Å². The Morgan fingerprint density at radius 2 is 1.82 bits per heavy atom. The van der Waals surface area contributed by atoms with Crippen LogP contribution in [0.25, 0.3) is 17.1 Å². The molecule has 1 saturated heterocycles. The Morgan fingerprint density at radius 1 is 1.06 bits per heavy atom. The van der Waals surface area contributed by atoms with Gasteiger partial charge in [0.25, 0.3) is 0 Å². The monoisotopic (exact) mass is 484 g/mol. The lowest BCUT2D eigenvalue weighted by Gasteiger charge is -2.34. The SMILES string of the molecule is COc1ccc(OC)c(-n2c(SCC(=O)N3CCN(CCO)CC3)nnc2-c2ccncc2)c1. The first kappa shape index (κ1) is 24.0. The van der Waals surface area contributed by atoms with Crippen LogP contribution in [0, 0.1) is 0 Å². The zero-order valence-corrected chi connectivity index (χ0v) is 20.1. The van der Waals surface area contributed by atoms with Crippen LogP contribution in [0.3, 0.4) is 0 Å². The predicted octanol–water partition coefficient (Wildman–Crippen LogP) is 1.58. The lowest BCUT2D eigenvalue weighted by atomic mass is 10.2. The van der Waals surface area contributed by atoms with E-state index in [4.69, 9.17) is 14.6 Å². The van der Waals surface area contributed by atoms with Crippen LogP contribution in [0.4, 0.5) is 0 Å². The molecule has 180 valence electrons. The van der Waals surface area contributed by atoms with Crippen molar-refractivity contribution >= 4 is 17.7 Å². The molecule has 0 atom stereocenters. The number of β-amino-alcohol motifs (C(OH)–C–C–N with tert-alkyl or cyclic N) is 1. The van der Waals surface area contributed by atoms with E-state index >= 15 is 0 Å². The van der Waals surface area contributed by atoms with E-state index < -0.39 is 0 Å². The fraction of sp³-hybridized carbons (Fsp3) is 0.391. The second-order valence-corrected chi connectivity index (χ2v) is 8.59. The van der Waals surface area contributed by atoms with E-state index in [9.17, 15) is 4.79 Å². The Kier molecular flexibility index (Phi) is 7.99. The number of methoxy groups -OCH3 is 2. The first-order valence-corrected chi connectivity index (χ1v) is 11.9. The first-order chi connectivity index (χ1) is 16.6. The molecule has 0 radical (unpaired) electrons. The molecule has 0 saturated carbocycles. The molecule has 1 N–H and O–H groups in total. The second kappa shape index (κ2) is 11.3. The fourth-order valence-electron chi connectivity index (χ4n) is 3.82. The molecule has 1 fully saturated rings. The molecular weight excluding hydrogens is 456 g/mol. The predicted molar refractivity (Wildman–Crippen MR) is 129 cm³/mol. The normalized spacial score (nSPS) is 14.3. The van der Waals surface area contributed by atoms with Gasteiger partial charge in [0.1, 0.15) is 11.5 Å². The van der Waals surface area contributed by atoms with E-state index in [1.165, 1.54) is 11.8 Å². The van der Waals surface area contributed by atoms with Gasteiger partial charge >= 0.3 is 0 Å². The van der Waals surface area contributed by atoms with Crippen LogP contribution < -0.4 is 9.47 Å². The summed E-state index contributed by atoms with van der Waals surface area (Å²) in [6.45, 7) is 3.60. The van der Waals surface area contributed by atoms with Crippen molar-refractivity contribution in [2.24, 2.45) is 0 Å². The maximum Gasteiger partial charge on any atom is 0.233 e. The van der Waals surface area contributed by atoms with Crippen LogP contribution in [0.2, 0.25) is 0 Å². The van der Waals surface area contributed by atoms with Gasteiger partial charge in [-0.25, -0.2) is 0 Å². The van der Waals surface area contributed by atoms with E-state index in [0.717, 1.165) is 18.7 Å². The minimum atomic E-state index is 0.0475. The summed E-state index contributed by atoms with van der Waals surface area (Å²) in [5, 5.41) is 18.5. The van der Waals surface area contributed by atoms with Gasteiger partial charge in [-0.05, 0) is 24.3 Å². The van der Waals surface area contributed by atoms with Crippen molar-refractivity contribution in [3.05, 3.63) is 42.7 Å². The van der Waals surface area contributed by atoms with Crippen LogP contribution >= 0.6 is 11.8 Å². The van der Waals surface area contributed by atoms with Crippen molar-refractivity contribution in [1.82, 2.24) is 29.5 Å². The van der Waals surface area contributed by atoms with Crippen molar-refractivity contribution in [1.29, 1.82) is 0 Å². The Morgan fingerprint density at radius 3 is 2.50 bits per heavy atom. The number of nitrogens with zero attached hydrogens (tertiary/aromatic N) is 6. The third-order valence-corrected chi connectivity index (χ3v) is 6.58. The largest absolute Gasteiger partial charge is 0.497 e. The van der Waals surface area contributed by atoms with Gasteiger partial charge in [0.15, 0.2) is 11.0 Å². The van der Waals surface area contributed by atoms with E-state index in [2.05, 4.69) is 20.1 Å². The number of benzene rings is 1. The molecule has 0 unspecified atom stereocenters. The maximum absolute atomic E-state index is 12.9. The number of rotatable bonds is 9. The molecule has 1 aliphatic rings. The van der Waals surface area contributed by atoms with Crippen molar-refractivity contribution in [2.45, 2.75) is 5.16 Å². The lowest BCUT2D eigenvalue weighted by molar-refractivity contribution is -0.130. The van der Waals surface area contributed by atoms with Gasteiger partial charge < -0.3 is 19.5 Å². The Bertz CT molecular complexity index is 1100. The van der Waals surface area contributed by atoms with Gasteiger partial charge in [-0.2, -0.15) is 0 Å². The van der Waals surface area contributed by atoms with E-state index in [1.807, 2.05) is 39.8 Å². The van der Waals surface area contributed by atoms with Gasteiger partial charge in [0.05, 0.1) is 32.3 Å². The van der Waals surface area contributed by atoms with Crippen LogP contribution in [0.5, 0.6) is 11.5 Å². The molecule has 34 heavy (non-hydrogen) atoms. The van der Waals surface area contributed by atoms with Gasteiger partial charge in [0.2, 0.25) is 5.91 Å². The van der Waals surface area contributed by atoms with Crippen LogP contribution in [-0.4, -0.2) is 99.9 Å². The average Bonchev–Trinajstić information content (AvgIpc) is 3.31. The lowest BCUT2D eigenvalue weighted by Crippen LogP contribution is -2.49. The highest BCUT2D eigenvalue weighted by Gasteiger charge is 2.24. The topological polar surface area (TPSA) is 106 Å². The van der Waals surface area contributed by atoms with Crippen molar-refractivity contribution in [3.63, 3.8) is 0 Å². The van der Waals surface area contributed by atoms with Crippen LogP contribution in [0.1, 0.15) is 0 Å². The van der Waals surface area contributed by atoms with E-state index in [0.29, 0.717) is 47.8 Å². The van der Waals surface area contributed by atoms with E-state index in [-0.39, 0.29) is 18.3 Å². The zero-order chi connectivity index (χ0) is 23.9. The zero-order valence-electron chi connectivity index (χ0n) is 19.3. The number of aromatic nitrogens is 4. The highest BCUT2D eigenvalue weighted by Crippen LogP contribution is 2.34. The summed E-state index contributed by atoms with van der Waals surface area (Å²) in [6, 6.07) is 9.23. The molecule has 0 aliphatic carbocycles. The number of thioether (sulfide) groups is 1. The number of piperazine rings is 1. The molecule has 4 rings (SSSR count). The molecule has 1 aromatic carbocycles. The third-order valence-electron chi connectivity index (χ3n) is 5.66. The summed E-state index contributed by atoms with van der Waals surface area (Å²) < 4.78 is 12.9. The molecule has 3 aromatic rings. The minimum Gasteiger partial charge on any atom is -0.497 e. The summed E-state index contributed by atoms with van der Waals surface area (Å²) in [4.78, 5) is 21.0. The number of hydrogen-bond donors (Lipinski definition) is 1. The minimum absolute atomic E-state index is 0.0475. The van der Waals surface area contributed by atoms with Crippen molar-refractivity contribution in [3.8, 4) is 28.6 Å². The van der Waals surface area contributed by atoms with Gasteiger partial charge in [-0.15, -0.1) is 10.2 Å². The standard InChI is InChI=1S/C23H28N6O4S/c1-32-18-3-4-20(33-2)19(15-18)29-22(17-5-7-24-8-6-17)25-26-23(29)34-16-21(31)28-11-9-27(10-12-28)13-14-30/h3-8,15,30H,9-14,16H2,1-2H3. The van der Waals surface area contributed by atoms with Gasteiger partial charge in [-0.1, -0.05) is 11.8 Å². The van der Waals surface area contributed by atoms with Gasteiger partial charge in [0, 0.05) is 56.7 Å².